The highest BCUT2D eigenvalue weighted by atomic mass is 16.5. The van der Waals surface area contributed by atoms with E-state index in [1.165, 1.54) is 7.11 Å². The molecular weight excluding hydrogens is 176 g/mol. The SMILES string of the molecule is C=CC12CCC(C(=O)OC)(CC1)CC2. The molecule has 0 unspecified atom stereocenters. The first-order valence-electron chi connectivity index (χ1n) is 5.38. The summed E-state index contributed by atoms with van der Waals surface area (Å²) in [5, 5.41) is 0. The van der Waals surface area contributed by atoms with E-state index in [0.29, 0.717) is 5.41 Å². The van der Waals surface area contributed by atoms with E-state index in [-0.39, 0.29) is 11.4 Å². The third-order valence-electron chi connectivity index (χ3n) is 4.36. The van der Waals surface area contributed by atoms with Gasteiger partial charge in [0.05, 0.1) is 12.5 Å². The van der Waals surface area contributed by atoms with E-state index >= 15 is 0 Å². The Kier molecular flexibility index (Phi) is 2.17. The fraction of sp³-hybridized carbons (Fsp3) is 0.750. The molecule has 0 amide bonds. The number of allylic oxidation sites excluding steroid dienone is 1. The van der Waals surface area contributed by atoms with Crippen LogP contribution in [-0.2, 0) is 9.53 Å². The van der Waals surface area contributed by atoms with Crippen molar-refractivity contribution in [1.29, 1.82) is 0 Å². The third kappa shape index (κ3) is 1.20. The lowest BCUT2D eigenvalue weighted by atomic mass is 9.54. The van der Waals surface area contributed by atoms with Gasteiger partial charge in [0.2, 0.25) is 0 Å². The highest BCUT2D eigenvalue weighted by Gasteiger charge is 2.51. The zero-order chi connectivity index (χ0) is 10.2. The van der Waals surface area contributed by atoms with Crippen molar-refractivity contribution < 1.29 is 9.53 Å². The Morgan fingerprint density at radius 3 is 2.07 bits per heavy atom. The molecule has 0 aliphatic heterocycles. The summed E-state index contributed by atoms with van der Waals surface area (Å²) in [5.41, 5.74) is 0.204. The summed E-state index contributed by atoms with van der Waals surface area (Å²) in [4.78, 5) is 11.7. The van der Waals surface area contributed by atoms with Crippen molar-refractivity contribution >= 4 is 5.97 Å². The van der Waals surface area contributed by atoms with Gasteiger partial charge in [-0.3, -0.25) is 4.79 Å². The van der Waals surface area contributed by atoms with Crippen LogP contribution in [0, 0.1) is 10.8 Å². The number of hydrogen-bond acceptors (Lipinski definition) is 2. The fourth-order valence-corrected chi connectivity index (χ4v) is 3.04. The molecule has 3 saturated carbocycles. The number of hydrogen-bond donors (Lipinski definition) is 0. The molecule has 0 N–H and O–H groups in total. The molecule has 2 nitrogen and oxygen atoms in total. The van der Waals surface area contributed by atoms with Gasteiger partial charge < -0.3 is 4.74 Å². The first-order valence-corrected chi connectivity index (χ1v) is 5.38. The van der Waals surface area contributed by atoms with Crippen molar-refractivity contribution in [1.82, 2.24) is 0 Å². The van der Waals surface area contributed by atoms with E-state index in [4.69, 9.17) is 4.74 Å². The molecule has 3 aliphatic rings. The largest absolute Gasteiger partial charge is 0.469 e. The molecule has 0 spiro atoms. The average molecular weight is 194 g/mol. The smallest absolute Gasteiger partial charge is 0.311 e. The molecule has 0 radical (unpaired) electrons. The van der Waals surface area contributed by atoms with Gasteiger partial charge in [0.25, 0.3) is 0 Å². The molecule has 3 fully saturated rings. The molecule has 0 atom stereocenters. The minimum Gasteiger partial charge on any atom is -0.469 e. The van der Waals surface area contributed by atoms with E-state index in [9.17, 15) is 4.79 Å². The predicted molar refractivity (Wildman–Crippen MR) is 54.8 cm³/mol. The average Bonchev–Trinajstić information content (AvgIpc) is 2.30. The molecule has 2 heteroatoms. The Morgan fingerprint density at radius 1 is 1.21 bits per heavy atom. The monoisotopic (exact) mass is 194 g/mol. The normalized spacial score (nSPS) is 40.6. The maximum atomic E-state index is 11.7. The van der Waals surface area contributed by atoms with Gasteiger partial charge in [0.15, 0.2) is 0 Å². The quantitative estimate of drug-likeness (QED) is 0.499. The molecule has 0 aromatic heterocycles. The van der Waals surface area contributed by atoms with Gasteiger partial charge in [-0.1, -0.05) is 6.08 Å². The van der Waals surface area contributed by atoms with Crippen molar-refractivity contribution in [3.8, 4) is 0 Å². The number of esters is 1. The topological polar surface area (TPSA) is 26.3 Å². The Morgan fingerprint density at radius 2 is 1.71 bits per heavy atom. The van der Waals surface area contributed by atoms with Crippen LogP contribution in [0.3, 0.4) is 0 Å². The van der Waals surface area contributed by atoms with Gasteiger partial charge in [0.1, 0.15) is 0 Å². The number of methoxy groups -OCH3 is 1. The van der Waals surface area contributed by atoms with E-state index in [1.54, 1.807) is 0 Å². The predicted octanol–water partition coefficient (Wildman–Crippen LogP) is 2.69. The molecule has 3 aliphatic carbocycles. The van der Waals surface area contributed by atoms with Crippen molar-refractivity contribution in [2.45, 2.75) is 38.5 Å². The van der Waals surface area contributed by atoms with Gasteiger partial charge in [0, 0.05) is 0 Å². The molecule has 2 bridgehead atoms. The van der Waals surface area contributed by atoms with E-state index in [1.807, 2.05) is 0 Å². The molecule has 0 aromatic carbocycles. The Labute approximate surface area is 85.3 Å². The van der Waals surface area contributed by atoms with Crippen molar-refractivity contribution in [3.63, 3.8) is 0 Å². The summed E-state index contributed by atoms with van der Waals surface area (Å²) in [6, 6.07) is 0. The number of ether oxygens (including phenoxy) is 1. The molecule has 0 aromatic rings. The number of carbonyl (C=O) groups is 1. The molecule has 0 heterocycles. The van der Waals surface area contributed by atoms with Crippen molar-refractivity contribution in [2.75, 3.05) is 7.11 Å². The Balaban J connectivity index is 2.16. The second kappa shape index (κ2) is 3.11. The summed E-state index contributed by atoms with van der Waals surface area (Å²) in [7, 11) is 1.50. The molecule has 3 rings (SSSR count). The van der Waals surface area contributed by atoms with Crippen LogP contribution in [0.4, 0.5) is 0 Å². The zero-order valence-corrected chi connectivity index (χ0v) is 8.84. The summed E-state index contributed by atoms with van der Waals surface area (Å²) in [5.74, 6) is 0.00913. The van der Waals surface area contributed by atoms with Crippen LogP contribution in [0.1, 0.15) is 38.5 Å². The third-order valence-corrected chi connectivity index (χ3v) is 4.36. The maximum Gasteiger partial charge on any atom is 0.311 e. The lowest BCUT2D eigenvalue weighted by molar-refractivity contribution is -0.161. The van der Waals surface area contributed by atoms with E-state index < -0.39 is 0 Å². The Hall–Kier alpha value is -0.790. The summed E-state index contributed by atoms with van der Waals surface area (Å²) in [6.45, 7) is 3.92. The van der Waals surface area contributed by atoms with E-state index in [2.05, 4.69) is 12.7 Å². The van der Waals surface area contributed by atoms with Crippen LogP contribution in [0.2, 0.25) is 0 Å². The van der Waals surface area contributed by atoms with Gasteiger partial charge in [-0.05, 0) is 43.9 Å². The lowest BCUT2D eigenvalue weighted by Crippen LogP contribution is -2.45. The first kappa shape index (κ1) is 9.75. The Bertz CT molecular complexity index is 243. The van der Waals surface area contributed by atoms with Crippen LogP contribution >= 0.6 is 0 Å². The number of rotatable bonds is 2. The first-order chi connectivity index (χ1) is 6.66. The van der Waals surface area contributed by atoms with Crippen molar-refractivity contribution in [2.24, 2.45) is 10.8 Å². The summed E-state index contributed by atoms with van der Waals surface area (Å²) in [6.07, 6.45) is 8.43. The summed E-state index contributed by atoms with van der Waals surface area (Å²) < 4.78 is 4.91. The lowest BCUT2D eigenvalue weighted by Gasteiger charge is -2.50. The maximum absolute atomic E-state index is 11.7. The number of carbonyl (C=O) groups excluding carboxylic acids is 1. The number of fused-ring (bicyclic) bond motifs is 3. The van der Waals surface area contributed by atoms with Crippen LogP contribution < -0.4 is 0 Å². The highest BCUT2D eigenvalue weighted by molar-refractivity contribution is 5.77. The molecule has 0 saturated heterocycles. The standard InChI is InChI=1S/C12H18O2/c1-3-11-4-7-12(8-5-11,9-6-11)10(13)14-2/h3H,1,4-9H2,2H3. The molecular formula is C12H18O2. The highest BCUT2D eigenvalue weighted by Crippen LogP contribution is 2.57. The second-order valence-corrected chi connectivity index (χ2v) is 4.84. The van der Waals surface area contributed by atoms with Gasteiger partial charge in [-0.15, -0.1) is 6.58 Å². The molecule has 14 heavy (non-hydrogen) atoms. The minimum atomic E-state index is -0.139. The van der Waals surface area contributed by atoms with Crippen LogP contribution in [0.5, 0.6) is 0 Å². The van der Waals surface area contributed by atoms with Crippen LogP contribution in [0.25, 0.3) is 0 Å². The van der Waals surface area contributed by atoms with Gasteiger partial charge >= 0.3 is 5.97 Å². The van der Waals surface area contributed by atoms with E-state index in [0.717, 1.165) is 38.5 Å². The van der Waals surface area contributed by atoms with Gasteiger partial charge in [-0.2, -0.15) is 0 Å². The second-order valence-electron chi connectivity index (χ2n) is 4.84. The van der Waals surface area contributed by atoms with Crippen LogP contribution in [-0.4, -0.2) is 13.1 Å². The summed E-state index contributed by atoms with van der Waals surface area (Å²) >= 11 is 0. The van der Waals surface area contributed by atoms with Crippen LogP contribution in [0.15, 0.2) is 12.7 Å². The van der Waals surface area contributed by atoms with Gasteiger partial charge in [-0.25, -0.2) is 0 Å². The molecule has 78 valence electrons. The minimum absolute atomic E-state index is 0.00913. The fourth-order valence-electron chi connectivity index (χ4n) is 3.04. The zero-order valence-electron chi connectivity index (χ0n) is 8.84. The van der Waals surface area contributed by atoms with Crippen molar-refractivity contribution in [3.05, 3.63) is 12.7 Å².